The van der Waals surface area contributed by atoms with Crippen LogP contribution in [0.25, 0.3) is 0 Å². The van der Waals surface area contributed by atoms with E-state index < -0.39 is 45.8 Å². The molecule has 3 aliphatic rings. The number of amides is 2. The summed E-state index contributed by atoms with van der Waals surface area (Å²) < 4.78 is 90.4. The van der Waals surface area contributed by atoms with Gasteiger partial charge in [0.25, 0.3) is 15.9 Å². The lowest BCUT2D eigenvalue weighted by Crippen LogP contribution is -2.58. The van der Waals surface area contributed by atoms with Crippen LogP contribution in [0.15, 0.2) is 59.5 Å². The van der Waals surface area contributed by atoms with Gasteiger partial charge in [-0.2, -0.15) is 13.2 Å². The zero-order valence-corrected chi connectivity index (χ0v) is 32.8. The minimum absolute atomic E-state index is 0.00468. The molecule has 0 aliphatic carbocycles. The summed E-state index contributed by atoms with van der Waals surface area (Å²) >= 11 is 6.67. The number of likely N-dealkylation sites (N-methyl/N-ethyl adjacent to an activating group) is 1. The average Bonchev–Trinajstić information content (AvgIpc) is 3.73. The molecular formula is C38H42ClF3N4O9S. The van der Waals surface area contributed by atoms with Gasteiger partial charge in [-0.3, -0.25) is 14.6 Å². The van der Waals surface area contributed by atoms with Crippen molar-refractivity contribution in [2.45, 2.75) is 61.3 Å². The van der Waals surface area contributed by atoms with Crippen LogP contribution in [0.1, 0.15) is 48.8 Å². The maximum atomic E-state index is 15.8. The molecule has 302 valence electrons. The van der Waals surface area contributed by atoms with Crippen molar-refractivity contribution in [1.29, 1.82) is 0 Å². The second-order valence-electron chi connectivity index (χ2n) is 13.9. The molecule has 1 unspecified atom stereocenters. The quantitative estimate of drug-likeness (QED) is 0.168. The molecule has 56 heavy (non-hydrogen) atoms. The van der Waals surface area contributed by atoms with Crippen LogP contribution in [0, 0.1) is 0 Å². The molecule has 3 aliphatic heterocycles. The summed E-state index contributed by atoms with van der Waals surface area (Å²) in [5.74, 6) is -3.11. The summed E-state index contributed by atoms with van der Waals surface area (Å²) in [5, 5.41) is 0.188. The molecule has 0 N–H and O–H groups in total. The van der Waals surface area contributed by atoms with Gasteiger partial charge in [0.05, 0.1) is 27.0 Å². The van der Waals surface area contributed by atoms with Crippen molar-refractivity contribution in [3.05, 3.63) is 76.3 Å². The summed E-state index contributed by atoms with van der Waals surface area (Å²) in [5.41, 5.74) is -0.673. The maximum absolute atomic E-state index is 15.8. The normalized spacial score (nSPS) is 20.5. The molecule has 0 aromatic heterocycles. The molecule has 13 nitrogen and oxygen atoms in total. The van der Waals surface area contributed by atoms with Gasteiger partial charge in [-0.25, -0.2) is 22.3 Å². The van der Waals surface area contributed by atoms with Crippen LogP contribution in [-0.4, -0.2) is 108 Å². The molecule has 0 bridgehead atoms. The lowest BCUT2D eigenvalue weighted by molar-refractivity contribution is -0.193. The topological polar surface area (TPSA) is 135 Å². The molecule has 2 atom stereocenters. The Kier molecular flexibility index (Phi) is 11.8. The highest BCUT2D eigenvalue weighted by atomic mass is 35.5. The molecule has 0 saturated carbocycles. The fourth-order valence-electron chi connectivity index (χ4n) is 7.95. The van der Waals surface area contributed by atoms with Gasteiger partial charge in [0, 0.05) is 54.9 Å². The van der Waals surface area contributed by atoms with Crippen molar-refractivity contribution in [2.24, 2.45) is 0 Å². The number of benzene rings is 3. The first-order chi connectivity index (χ1) is 26.6. The van der Waals surface area contributed by atoms with E-state index in [-0.39, 0.29) is 45.8 Å². The van der Waals surface area contributed by atoms with E-state index in [0.29, 0.717) is 30.7 Å². The Morgan fingerprint density at radius 1 is 0.893 bits per heavy atom. The largest absolute Gasteiger partial charge is 0.497 e. The number of methoxy groups -OCH3 is 3. The van der Waals surface area contributed by atoms with E-state index >= 15 is 4.79 Å². The van der Waals surface area contributed by atoms with Gasteiger partial charge in [-0.1, -0.05) is 24.1 Å². The number of nitrogens with zero attached hydrogens (tertiary/aromatic N) is 4. The van der Waals surface area contributed by atoms with Crippen molar-refractivity contribution in [2.75, 3.05) is 58.9 Å². The lowest BCUT2D eigenvalue weighted by Gasteiger charge is -2.43. The molecule has 3 aromatic carbocycles. The lowest BCUT2D eigenvalue weighted by atomic mass is 9.80. The summed E-state index contributed by atoms with van der Waals surface area (Å²) in [7, 11) is 0.522. The second-order valence-corrected chi connectivity index (χ2v) is 16.0. The number of rotatable bonds is 11. The number of hydrogen-bond acceptors (Lipinski definition) is 11. The molecule has 2 amide bonds. The third kappa shape index (κ3) is 7.48. The molecular weight excluding hydrogens is 781 g/mol. The number of halogens is 4. The van der Waals surface area contributed by atoms with Gasteiger partial charge >= 0.3 is 18.2 Å². The molecule has 3 aromatic rings. The van der Waals surface area contributed by atoms with E-state index in [1.807, 2.05) is 12.1 Å². The summed E-state index contributed by atoms with van der Waals surface area (Å²) in [4.78, 5) is 44.6. The van der Waals surface area contributed by atoms with Crippen LogP contribution in [-0.2, 0) is 36.4 Å². The Morgan fingerprint density at radius 2 is 1.61 bits per heavy atom. The van der Waals surface area contributed by atoms with E-state index in [1.165, 1.54) is 64.8 Å². The highest BCUT2D eigenvalue weighted by Crippen LogP contribution is 2.55. The van der Waals surface area contributed by atoms with Crippen LogP contribution in [0.5, 0.6) is 17.2 Å². The number of sulfonamides is 1. The maximum Gasteiger partial charge on any atom is 0.491 e. The summed E-state index contributed by atoms with van der Waals surface area (Å²) in [6.07, 6.45) is -3.02. The van der Waals surface area contributed by atoms with Crippen LogP contribution in [0.2, 0.25) is 5.02 Å². The fraction of sp³-hybridized carbons (Fsp3) is 0.447. The molecule has 0 radical (unpaired) electrons. The minimum Gasteiger partial charge on any atom is -0.497 e. The SMILES string of the molecule is COc1ccc(S(=O)(=O)N2C(=O)[C@](c3cc(CN4CCCCC4)ccc3OC)(N3CCCC3CN(C)C(=O)OC(=O)C(F)(F)F)c3cc(Cl)ccc32)c(OC)c1. The summed E-state index contributed by atoms with van der Waals surface area (Å²) in [6.45, 7) is 2.13. The van der Waals surface area contributed by atoms with Crippen LogP contribution < -0.4 is 18.5 Å². The average molecular weight is 823 g/mol. The van der Waals surface area contributed by atoms with Crippen molar-refractivity contribution < 1.29 is 54.9 Å². The number of fused-ring (bicyclic) bond motifs is 1. The van der Waals surface area contributed by atoms with Crippen molar-refractivity contribution in [3.63, 3.8) is 0 Å². The molecule has 2 saturated heterocycles. The first-order valence-electron chi connectivity index (χ1n) is 17.9. The van der Waals surface area contributed by atoms with Crippen LogP contribution >= 0.6 is 11.6 Å². The van der Waals surface area contributed by atoms with E-state index in [0.717, 1.165) is 47.1 Å². The Morgan fingerprint density at radius 3 is 2.27 bits per heavy atom. The number of esters is 1. The number of anilines is 1. The van der Waals surface area contributed by atoms with Crippen molar-refractivity contribution in [1.82, 2.24) is 14.7 Å². The fourth-order valence-corrected chi connectivity index (χ4v) is 9.72. The highest BCUT2D eigenvalue weighted by Gasteiger charge is 2.62. The van der Waals surface area contributed by atoms with Crippen LogP contribution in [0.4, 0.5) is 23.7 Å². The number of hydrogen-bond donors (Lipinski definition) is 0. The molecule has 2 fully saturated rings. The molecule has 6 rings (SSSR count). The Labute approximate surface area is 327 Å². The number of carbonyl (C=O) groups excluding carboxylic acids is 3. The summed E-state index contributed by atoms with van der Waals surface area (Å²) in [6, 6.07) is 13.1. The van der Waals surface area contributed by atoms with Crippen LogP contribution in [0.3, 0.4) is 0 Å². The predicted molar refractivity (Wildman–Crippen MR) is 198 cm³/mol. The standard InChI is InChI=1S/C38H42ClF3N4O9S/c1-43(36(49)55-35(48)38(40,41)42)23-26-9-8-18-45(26)37(29-19-24(10-14-31(29)53-3)22-44-16-6-5-7-17-44)28-20-25(39)11-13-30(28)46(34(37)47)56(50,51)33-15-12-27(52-2)21-32(33)54-4/h10-15,19-21,26H,5-9,16-18,22-23H2,1-4H3/t26?,37-/m0/s1. The monoisotopic (exact) mass is 822 g/mol. The second kappa shape index (κ2) is 16.1. The van der Waals surface area contributed by atoms with E-state index in [4.69, 9.17) is 25.8 Å². The Bertz CT molecular complexity index is 2120. The smallest absolute Gasteiger partial charge is 0.491 e. The zero-order valence-electron chi connectivity index (χ0n) is 31.2. The van der Waals surface area contributed by atoms with Gasteiger partial charge in [0.15, 0.2) is 5.54 Å². The van der Waals surface area contributed by atoms with Gasteiger partial charge in [0.2, 0.25) is 0 Å². The molecule has 3 heterocycles. The van der Waals surface area contributed by atoms with Gasteiger partial charge in [-0.05, 0) is 86.8 Å². The first kappa shape index (κ1) is 41.1. The highest BCUT2D eigenvalue weighted by molar-refractivity contribution is 7.93. The number of ether oxygens (including phenoxy) is 4. The first-order valence-corrected chi connectivity index (χ1v) is 19.7. The minimum atomic E-state index is -5.41. The Hall–Kier alpha value is -4.58. The Balaban J connectivity index is 1.56. The third-order valence-electron chi connectivity index (χ3n) is 10.5. The zero-order chi connectivity index (χ0) is 40.6. The van der Waals surface area contributed by atoms with Crippen molar-refractivity contribution >= 4 is 45.3 Å². The van der Waals surface area contributed by atoms with E-state index in [2.05, 4.69) is 9.64 Å². The van der Waals surface area contributed by atoms with Gasteiger partial charge in [0.1, 0.15) is 22.1 Å². The number of carbonyl (C=O) groups is 3. The molecule has 18 heteroatoms. The number of piperidine rings is 1. The van der Waals surface area contributed by atoms with E-state index in [9.17, 15) is 31.2 Å². The molecule has 0 spiro atoms. The number of alkyl halides is 3. The van der Waals surface area contributed by atoms with Gasteiger partial charge in [-0.15, -0.1) is 0 Å². The van der Waals surface area contributed by atoms with E-state index in [1.54, 1.807) is 11.0 Å². The van der Waals surface area contributed by atoms with Gasteiger partial charge < -0.3 is 23.8 Å². The number of likely N-dealkylation sites (tertiary alicyclic amines) is 2. The predicted octanol–water partition coefficient (Wildman–Crippen LogP) is 5.95. The third-order valence-corrected chi connectivity index (χ3v) is 12.4. The van der Waals surface area contributed by atoms with Crippen molar-refractivity contribution in [3.8, 4) is 17.2 Å².